The molecule has 28 heavy (non-hydrogen) atoms. The Bertz CT molecular complexity index is 895. The van der Waals surface area contributed by atoms with E-state index in [1.807, 2.05) is 29.2 Å². The van der Waals surface area contributed by atoms with Crippen LogP contribution in [0, 0.1) is 0 Å². The Labute approximate surface area is 164 Å². The quantitative estimate of drug-likeness (QED) is 0.858. The summed E-state index contributed by atoms with van der Waals surface area (Å²) in [6.45, 7) is 0.980. The largest absolute Gasteiger partial charge is 0.497 e. The number of hydrogen-bond acceptors (Lipinski definition) is 4. The summed E-state index contributed by atoms with van der Waals surface area (Å²) in [5.74, 6) is 0.743. The van der Waals surface area contributed by atoms with E-state index in [0.717, 1.165) is 49.4 Å². The molecule has 1 amide bonds. The highest BCUT2D eigenvalue weighted by Crippen LogP contribution is 2.27. The molecular weight excluding hydrogens is 356 g/mol. The molecule has 0 radical (unpaired) electrons. The van der Waals surface area contributed by atoms with Crippen LogP contribution in [0.15, 0.2) is 29.1 Å². The fraction of sp³-hybridized carbons (Fsp3) is 0.545. The summed E-state index contributed by atoms with van der Waals surface area (Å²) in [6.07, 6.45) is 6.83. The van der Waals surface area contributed by atoms with Crippen molar-refractivity contribution < 1.29 is 14.3 Å². The summed E-state index contributed by atoms with van der Waals surface area (Å²) in [5.41, 5.74) is 1.21. The maximum Gasteiger partial charge on any atom is 0.253 e. The van der Waals surface area contributed by atoms with Gasteiger partial charge < -0.3 is 19.4 Å². The Hall–Kier alpha value is -2.34. The summed E-state index contributed by atoms with van der Waals surface area (Å²) in [5, 5.41) is 0.934. The number of aromatic nitrogens is 1. The number of amides is 1. The molecule has 6 nitrogen and oxygen atoms in total. The zero-order valence-corrected chi connectivity index (χ0v) is 16.4. The first-order valence-corrected chi connectivity index (χ1v) is 10.3. The molecule has 150 valence electrons. The van der Waals surface area contributed by atoms with Crippen molar-refractivity contribution in [2.24, 2.45) is 0 Å². The smallest absolute Gasteiger partial charge is 0.253 e. The highest BCUT2D eigenvalue weighted by atomic mass is 16.5. The highest BCUT2D eigenvalue weighted by molar-refractivity contribution is 5.82. The third kappa shape index (κ3) is 3.92. The SMILES string of the molecule is COc1ccc2cc(CN(C(=O)[C@@H]3CCCO3)C3CCCCC3)c(=O)[nH]c2c1. The topological polar surface area (TPSA) is 71.6 Å². The first kappa shape index (κ1) is 19.0. The van der Waals surface area contributed by atoms with Crippen LogP contribution in [-0.2, 0) is 16.1 Å². The number of methoxy groups -OCH3 is 1. The predicted molar refractivity (Wildman–Crippen MR) is 108 cm³/mol. The summed E-state index contributed by atoms with van der Waals surface area (Å²) < 4.78 is 10.9. The van der Waals surface area contributed by atoms with Gasteiger partial charge >= 0.3 is 0 Å². The van der Waals surface area contributed by atoms with Crippen molar-refractivity contribution in [1.29, 1.82) is 0 Å². The van der Waals surface area contributed by atoms with Crippen molar-refractivity contribution in [2.75, 3.05) is 13.7 Å². The second-order valence-electron chi connectivity index (χ2n) is 7.84. The van der Waals surface area contributed by atoms with Crippen molar-refractivity contribution in [3.8, 4) is 5.75 Å². The van der Waals surface area contributed by atoms with Gasteiger partial charge in [0.25, 0.3) is 11.5 Å². The number of rotatable bonds is 5. The van der Waals surface area contributed by atoms with Crippen LogP contribution in [0.5, 0.6) is 5.75 Å². The number of carbonyl (C=O) groups is 1. The number of nitrogens with one attached hydrogen (secondary N) is 1. The minimum Gasteiger partial charge on any atom is -0.497 e. The van der Waals surface area contributed by atoms with Crippen molar-refractivity contribution in [2.45, 2.75) is 63.6 Å². The fourth-order valence-electron chi connectivity index (χ4n) is 4.39. The zero-order chi connectivity index (χ0) is 19.5. The molecule has 1 aromatic heterocycles. The monoisotopic (exact) mass is 384 g/mol. The summed E-state index contributed by atoms with van der Waals surface area (Å²) in [4.78, 5) is 30.8. The minimum atomic E-state index is -0.356. The lowest BCUT2D eigenvalue weighted by molar-refractivity contribution is -0.144. The normalized spacial score (nSPS) is 20.4. The third-order valence-electron chi connectivity index (χ3n) is 5.97. The maximum absolute atomic E-state index is 13.2. The average Bonchev–Trinajstić information content (AvgIpc) is 3.27. The molecule has 0 spiro atoms. The number of aromatic amines is 1. The van der Waals surface area contributed by atoms with E-state index < -0.39 is 0 Å². The third-order valence-corrected chi connectivity index (χ3v) is 5.97. The Morgan fingerprint density at radius 1 is 1.18 bits per heavy atom. The molecule has 1 aromatic carbocycles. The van der Waals surface area contributed by atoms with Gasteiger partial charge in [0.2, 0.25) is 0 Å². The van der Waals surface area contributed by atoms with Gasteiger partial charge in [0.1, 0.15) is 11.9 Å². The lowest BCUT2D eigenvalue weighted by Gasteiger charge is -2.35. The minimum absolute atomic E-state index is 0.0404. The molecule has 1 atom stereocenters. The second-order valence-corrected chi connectivity index (χ2v) is 7.84. The zero-order valence-electron chi connectivity index (χ0n) is 16.4. The van der Waals surface area contributed by atoms with Crippen molar-refractivity contribution >= 4 is 16.8 Å². The van der Waals surface area contributed by atoms with E-state index in [4.69, 9.17) is 9.47 Å². The Balaban J connectivity index is 1.64. The molecule has 1 aliphatic carbocycles. The number of benzene rings is 1. The van der Waals surface area contributed by atoms with E-state index in [1.54, 1.807) is 7.11 Å². The van der Waals surface area contributed by atoms with Gasteiger partial charge in [-0.15, -0.1) is 0 Å². The maximum atomic E-state index is 13.2. The van der Waals surface area contributed by atoms with Gasteiger partial charge in [-0.1, -0.05) is 19.3 Å². The number of fused-ring (bicyclic) bond motifs is 1. The number of ether oxygens (including phenoxy) is 2. The Morgan fingerprint density at radius 3 is 2.71 bits per heavy atom. The molecule has 1 saturated heterocycles. The van der Waals surface area contributed by atoms with Gasteiger partial charge in [-0.3, -0.25) is 9.59 Å². The van der Waals surface area contributed by atoms with Crippen molar-refractivity contribution in [1.82, 2.24) is 9.88 Å². The molecular formula is C22H28N2O4. The molecule has 6 heteroatoms. The van der Waals surface area contributed by atoms with E-state index >= 15 is 0 Å². The molecule has 0 unspecified atom stereocenters. The van der Waals surface area contributed by atoms with Crippen LogP contribution in [0.1, 0.15) is 50.5 Å². The van der Waals surface area contributed by atoms with Crippen LogP contribution in [-0.4, -0.2) is 41.7 Å². The second kappa shape index (κ2) is 8.35. The van der Waals surface area contributed by atoms with Crippen LogP contribution >= 0.6 is 0 Å². The van der Waals surface area contributed by atoms with E-state index in [9.17, 15) is 9.59 Å². The van der Waals surface area contributed by atoms with Gasteiger partial charge in [-0.05, 0) is 49.3 Å². The van der Waals surface area contributed by atoms with Crippen molar-refractivity contribution in [3.05, 3.63) is 40.2 Å². The summed E-state index contributed by atoms with van der Waals surface area (Å²) in [7, 11) is 1.60. The van der Waals surface area contributed by atoms with Gasteiger partial charge in [0.05, 0.1) is 19.2 Å². The number of pyridine rings is 1. The van der Waals surface area contributed by atoms with E-state index in [-0.39, 0.29) is 23.6 Å². The number of H-pyrrole nitrogens is 1. The molecule has 2 heterocycles. The van der Waals surface area contributed by atoms with Crippen LogP contribution < -0.4 is 10.3 Å². The van der Waals surface area contributed by atoms with Crippen LogP contribution in [0.25, 0.3) is 10.9 Å². The van der Waals surface area contributed by atoms with E-state index in [2.05, 4.69) is 4.98 Å². The Kier molecular flexibility index (Phi) is 5.67. The predicted octanol–water partition coefficient (Wildman–Crippen LogP) is 3.38. The van der Waals surface area contributed by atoms with Crippen LogP contribution in [0.3, 0.4) is 0 Å². The molecule has 1 saturated carbocycles. The van der Waals surface area contributed by atoms with E-state index in [1.165, 1.54) is 6.42 Å². The number of hydrogen-bond donors (Lipinski definition) is 1. The number of nitrogens with zero attached hydrogens (tertiary/aromatic N) is 1. The van der Waals surface area contributed by atoms with Crippen LogP contribution in [0.2, 0.25) is 0 Å². The van der Waals surface area contributed by atoms with E-state index in [0.29, 0.717) is 24.5 Å². The highest BCUT2D eigenvalue weighted by Gasteiger charge is 2.33. The lowest BCUT2D eigenvalue weighted by atomic mass is 9.93. The molecule has 2 fully saturated rings. The van der Waals surface area contributed by atoms with Gasteiger partial charge in [-0.2, -0.15) is 0 Å². The van der Waals surface area contributed by atoms with Gasteiger partial charge in [-0.25, -0.2) is 0 Å². The summed E-state index contributed by atoms with van der Waals surface area (Å²) >= 11 is 0. The fourth-order valence-corrected chi connectivity index (χ4v) is 4.39. The van der Waals surface area contributed by atoms with Crippen LogP contribution in [0.4, 0.5) is 0 Å². The number of carbonyl (C=O) groups excluding carboxylic acids is 1. The molecule has 1 aliphatic heterocycles. The van der Waals surface area contributed by atoms with Crippen molar-refractivity contribution in [3.63, 3.8) is 0 Å². The van der Waals surface area contributed by atoms with Gasteiger partial charge in [0.15, 0.2) is 0 Å². The molecule has 0 bridgehead atoms. The first-order valence-electron chi connectivity index (χ1n) is 10.3. The molecule has 2 aliphatic rings. The molecule has 1 N–H and O–H groups in total. The standard InChI is InChI=1S/C22H28N2O4/c1-27-18-10-9-15-12-16(21(25)23-19(15)13-18)14-24(17-6-3-2-4-7-17)22(26)20-8-5-11-28-20/h9-10,12-13,17,20H,2-8,11,14H2,1H3,(H,23,25)/t20-/m0/s1. The van der Waals surface area contributed by atoms with Gasteiger partial charge in [0, 0.05) is 24.3 Å². The Morgan fingerprint density at radius 2 is 2.00 bits per heavy atom. The average molecular weight is 384 g/mol. The summed E-state index contributed by atoms with van der Waals surface area (Å²) in [6, 6.07) is 7.71. The molecule has 4 rings (SSSR count). The first-order chi connectivity index (χ1) is 13.7. The lowest BCUT2D eigenvalue weighted by Crippen LogP contribution is -2.46. The molecule has 2 aromatic rings.